The number of hydrogen-bond donors (Lipinski definition) is 0. The Labute approximate surface area is 140 Å². The van der Waals surface area contributed by atoms with Gasteiger partial charge in [-0.15, -0.1) is 0 Å². The SMILES string of the molecule is CC(C)(C)OC(=O)N1CCN2C(=O)c3cc(F)ccc3OCC2C1. The van der Waals surface area contributed by atoms with Crippen molar-refractivity contribution in [1.82, 2.24) is 9.80 Å². The number of hydrogen-bond acceptors (Lipinski definition) is 4. The third-order valence-corrected chi connectivity index (χ3v) is 4.00. The number of amides is 2. The molecule has 2 heterocycles. The number of benzene rings is 1. The van der Waals surface area contributed by atoms with Gasteiger partial charge in [-0.2, -0.15) is 0 Å². The minimum Gasteiger partial charge on any atom is -0.491 e. The van der Waals surface area contributed by atoms with Crippen LogP contribution in [0.1, 0.15) is 31.1 Å². The summed E-state index contributed by atoms with van der Waals surface area (Å²) in [6, 6.07) is 3.64. The molecule has 2 amide bonds. The van der Waals surface area contributed by atoms with Crippen LogP contribution in [0.3, 0.4) is 0 Å². The molecule has 0 aromatic heterocycles. The predicted octanol–water partition coefficient (Wildman–Crippen LogP) is 2.28. The second-order valence-corrected chi connectivity index (χ2v) is 7.03. The average molecular weight is 336 g/mol. The van der Waals surface area contributed by atoms with Gasteiger partial charge in [0.1, 0.15) is 23.8 Å². The molecule has 7 heteroatoms. The van der Waals surface area contributed by atoms with Gasteiger partial charge in [0.25, 0.3) is 5.91 Å². The topological polar surface area (TPSA) is 59.1 Å². The summed E-state index contributed by atoms with van der Waals surface area (Å²) in [4.78, 5) is 28.1. The van der Waals surface area contributed by atoms with Crippen molar-refractivity contribution in [2.24, 2.45) is 0 Å². The summed E-state index contributed by atoms with van der Waals surface area (Å²) >= 11 is 0. The van der Waals surface area contributed by atoms with Gasteiger partial charge in [-0.3, -0.25) is 4.79 Å². The zero-order chi connectivity index (χ0) is 17.5. The molecule has 1 fully saturated rings. The number of fused-ring (bicyclic) bond motifs is 2. The van der Waals surface area contributed by atoms with E-state index in [2.05, 4.69) is 0 Å². The van der Waals surface area contributed by atoms with E-state index in [1.807, 2.05) is 20.8 Å². The first-order chi connectivity index (χ1) is 11.2. The van der Waals surface area contributed by atoms with Crippen molar-refractivity contribution in [1.29, 1.82) is 0 Å². The summed E-state index contributed by atoms with van der Waals surface area (Å²) in [5.41, 5.74) is -0.346. The molecule has 0 aliphatic carbocycles. The van der Waals surface area contributed by atoms with Crippen LogP contribution in [0.15, 0.2) is 18.2 Å². The van der Waals surface area contributed by atoms with Crippen LogP contribution in [-0.4, -0.2) is 59.7 Å². The van der Waals surface area contributed by atoms with Gasteiger partial charge >= 0.3 is 6.09 Å². The molecule has 1 aromatic rings. The number of carbonyl (C=O) groups excluding carboxylic acids is 2. The molecule has 2 aliphatic heterocycles. The minimum atomic E-state index is -0.572. The molecule has 24 heavy (non-hydrogen) atoms. The molecule has 6 nitrogen and oxygen atoms in total. The lowest BCUT2D eigenvalue weighted by Gasteiger charge is -2.40. The summed E-state index contributed by atoms with van der Waals surface area (Å²) in [5, 5.41) is 0. The summed E-state index contributed by atoms with van der Waals surface area (Å²) in [7, 11) is 0. The molecule has 1 saturated heterocycles. The van der Waals surface area contributed by atoms with Gasteiger partial charge in [0.15, 0.2) is 0 Å². The summed E-state index contributed by atoms with van der Waals surface area (Å²) in [6.45, 7) is 6.75. The maximum Gasteiger partial charge on any atom is 0.410 e. The van der Waals surface area contributed by atoms with Crippen LogP contribution in [0.4, 0.5) is 9.18 Å². The van der Waals surface area contributed by atoms with Crippen molar-refractivity contribution < 1.29 is 23.5 Å². The molecule has 0 N–H and O–H groups in total. The summed E-state index contributed by atoms with van der Waals surface area (Å²) in [6.07, 6.45) is -0.401. The van der Waals surface area contributed by atoms with Gasteiger partial charge < -0.3 is 19.3 Å². The van der Waals surface area contributed by atoms with Crippen LogP contribution >= 0.6 is 0 Å². The maximum absolute atomic E-state index is 13.5. The smallest absolute Gasteiger partial charge is 0.410 e. The number of halogens is 1. The van der Waals surface area contributed by atoms with Gasteiger partial charge in [0, 0.05) is 19.6 Å². The number of nitrogens with zero attached hydrogens (tertiary/aromatic N) is 2. The van der Waals surface area contributed by atoms with Crippen LogP contribution in [-0.2, 0) is 4.74 Å². The van der Waals surface area contributed by atoms with Gasteiger partial charge in [0.2, 0.25) is 0 Å². The van der Waals surface area contributed by atoms with Crippen LogP contribution < -0.4 is 4.74 Å². The van der Waals surface area contributed by atoms with E-state index in [9.17, 15) is 14.0 Å². The number of carbonyl (C=O) groups is 2. The standard InChI is InChI=1S/C17H21FN2O4/c1-17(2,3)24-16(22)19-6-7-20-12(9-19)10-23-14-5-4-11(18)8-13(14)15(20)21/h4-5,8,12H,6-7,9-10H2,1-3H3. The number of piperazine rings is 1. The molecule has 1 aromatic carbocycles. The van der Waals surface area contributed by atoms with E-state index in [1.165, 1.54) is 18.2 Å². The Morgan fingerprint density at radius 3 is 2.79 bits per heavy atom. The Morgan fingerprint density at radius 1 is 1.33 bits per heavy atom. The van der Waals surface area contributed by atoms with E-state index in [4.69, 9.17) is 9.47 Å². The predicted molar refractivity (Wildman–Crippen MR) is 84.5 cm³/mol. The van der Waals surface area contributed by atoms with Crippen LogP contribution in [0.2, 0.25) is 0 Å². The van der Waals surface area contributed by atoms with E-state index in [0.717, 1.165) is 0 Å². The first-order valence-corrected chi connectivity index (χ1v) is 7.96. The first-order valence-electron chi connectivity index (χ1n) is 7.96. The molecular formula is C17H21FN2O4. The molecule has 0 saturated carbocycles. The van der Waals surface area contributed by atoms with Crippen molar-refractivity contribution in [2.75, 3.05) is 26.2 Å². The molecule has 0 bridgehead atoms. The minimum absolute atomic E-state index is 0.225. The van der Waals surface area contributed by atoms with Gasteiger partial charge in [-0.1, -0.05) is 0 Å². The molecule has 3 rings (SSSR count). The lowest BCUT2D eigenvalue weighted by atomic mass is 10.1. The molecule has 1 atom stereocenters. The first kappa shape index (κ1) is 16.5. The molecule has 0 spiro atoms. The zero-order valence-corrected chi connectivity index (χ0v) is 14.0. The molecule has 1 unspecified atom stereocenters. The second kappa shape index (κ2) is 5.96. The van der Waals surface area contributed by atoms with E-state index in [1.54, 1.807) is 9.80 Å². The third kappa shape index (κ3) is 3.29. The quantitative estimate of drug-likeness (QED) is 0.729. The highest BCUT2D eigenvalue weighted by molar-refractivity contribution is 5.97. The van der Waals surface area contributed by atoms with Crippen LogP contribution in [0, 0.1) is 5.82 Å². The van der Waals surface area contributed by atoms with Crippen LogP contribution in [0.25, 0.3) is 0 Å². The lowest BCUT2D eigenvalue weighted by molar-refractivity contribution is 0.000951. The Balaban J connectivity index is 1.76. The van der Waals surface area contributed by atoms with Crippen LogP contribution in [0.5, 0.6) is 5.75 Å². The molecular weight excluding hydrogens is 315 g/mol. The molecule has 130 valence electrons. The van der Waals surface area contributed by atoms with E-state index in [-0.39, 0.29) is 24.1 Å². The molecule has 2 aliphatic rings. The normalized spacial score (nSPS) is 20.7. The summed E-state index contributed by atoms with van der Waals surface area (Å²) in [5.74, 6) is -0.369. The second-order valence-electron chi connectivity index (χ2n) is 7.03. The largest absolute Gasteiger partial charge is 0.491 e. The fourth-order valence-electron chi connectivity index (χ4n) is 2.89. The van der Waals surface area contributed by atoms with E-state index in [0.29, 0.717) is 25.4 Å². The zero-order valence-electron chi connectivity index (χ0n) is 14.0. The summed E-state index contributed by atoms with van der Waals surface area (Å²) < 4.78 is 24.5. The van der Waals surface area contributed by atoms with E-state index < -0.39 is 17.5 Å². The Kier molecular flexibility index (Phi) is 4.11. The Hall–Kier alpha value is -2.31. The Morgan fingerprint density at radius 2 is 2.08 bits per heavy atom. The fourth-order valence-corrected chi connectivity index (χ4v) is 2.89. The number of rotatable bonds is 0. The number of ether oxygens (including phenoxy) is 2. The van der Waals surface area contributed by atoms with Gasteiger partial charge in [-0.25, -0.2) is 9.18 Å². The van der Waals surface area contributed by atoms with Crippen molar-refractivity contribution in [2.45, 2.75) is 32.4 Å². The van der Waals surface area contributed by atoms with Crippen molar-refractivity contribution in [3.63, 3.8) is 0 Å². The highest BCUT2D eigenvalue weighted by Crippen LogP contribution is 2.27. The lowest BCUT2D eigenvalue weighted by Crippen LogP contribution is -2.58. The molecule has 0 radical (unpaired) electrons. The highest BCUT2D eigenvalue weighted by atomic mass is 19.1. The van der Waals surface area contributed by atoms with Crippen molar-refractivity contribution >= 4 is 12.0 Å². The monoisotopic (exact) mass is 336 g/mol. The fraction of sp³-hybridized carbons (Fsp3) is 0.529. The van der Waals surface area contributed by atoms with Crippen molar-refractivity contribution in [3.05, 3.63) is 29.6 Å². The Bertz CT molecular complexity index is 671. The van der Waals surface area contributed by atoms with E-state index >= 15 is 0 Å². The van der Waals surface area contributed by atoms with Gasteiger partial charge in [-0.05, 0) is 39.0 Å². The van der Waals surface area contributed by atoms with Gasteiger partial charge in [0.05, 0.1) is 11.6 Å². The highest BCUT2D eigenvalue weighted by Gasteiger charge is 2.37. The average Bonchev–Trinajstić information content (AvgIpc) is 2.63. The van der Waals surface area contributed by atoms with Crippen molar-refractivity contribution in [3.8, 4) is 5.75 Å². The third-order valence-electron chi connectivity index (χ3n) is 4.00. The maximum atomic E-state index is 13.5.